The summed E-state index contributed by atoms with van der Waals surface area (Å²) in [5.41, 5.74) is -1.34. The van der Waals surface area contributed by atoms with Crippen LogP contribution in [0.2, 0.25) is 0 Å². The molecule has 0 amide bonds. The van der Waals surface area contributed by atoms with E-state index in [1.54, 1.807) is 0 Å². The van der Waals surface area contributed by atoms with Crippen LogP contribution >= 0.6 is 12.2 Å². The molecule has 2 aromatic heterocycles. The van der Waals surface area contributed by atoms with Crippen molar-refractivity contribution < 1.29 is 22.0 Å². The van der Waals surface area contributed by atoms with E-state index >= 15 is 0 Å². The van der Waals surface area contributed by atoms with Gasteiger partial charge in [-0.05, 0) is 24.4 Å². The monoisotopic (exact) mass is 364 g/mol. The Balaban J connectivity index is 2.43. The molecule has 128 valence electrons. The van der Waals surface area contributed by atoms with Gasteiger partial charge < -0.3 is 0 Å². The number of aromatic amines is 1. The van der Waals surface area contributed by atoms with E-state index in [1.165, 1.54) is 12.1 Å². The van der Waals surface area contributed by atoms with Crippen LogP contribution < -0.4 is 5.56 Å². The minimum Gasteiger partial charge on any atom is -0.270 e. The van der Waals surface area contributed by atoms with Crippen LogP contribution in [0.25, 0.3) is 16.7 Å². The van der Waals surface area contributed by atoms with Gasteiger partial charge in [0.05, 0.1) is 17.4 Å². The van der Waals surface area contributed by atoms with Gasteiger partial charge in [0.1, 0.15) is 5.82 Å². The van der Waals surface area contributed by atoms with Crippen LogP contribution in [0, 0.1) is 10.6 Å². The molecule has 11 heteroatoms. The van der Waals surface area contributed by atoms with Gasteiger partial charge in [-0.25, -0.2) is 18.3 Å². The topological polar surface area (TPSA) is 55.1 Å². The molecule has 1 N–H and O–H groups in total. The number of fused-ring (bicyclic) bond motifs is 3. The van der Waals surface area contributed by atoms with Crippen LogP contribution in [0.3, 0.4) is 0 Å². The highest BCUT2D eigenvalue weighted by atomic mass is 32.1. The summed E-state index contributed by atoms with van der Waals surface area (Å²) < 4.78 is 68.9. The lowest BCUT2D eigenvalue weighted by Gasteiger charge is -2.24. The highest BCUT2D eigenvalue weighted by molar-refractivity contribution is 7.71. The van der Waals surface area contributed by atoms with Crippen molar-refractivity contribution >= 4 is 28.9 Å². The summed E-state index contributed by atoms with van der Waals surface area (Å²) in [4.78, 5) is 12.4. The molecule has 5 nitrogen and oxygen atoms in total. The van der Waals surface area contributed by atoms with Crippen molar-refractivity contribution in [2.45, 2.75) is 25.3 Å². The number of rotatable bonds is 3. The predicted molar refractivity (Wildman–Crippen MR) is 77.7 cm³/mol. The zero-order valence-electron chi connectivity index (χ0n) is 12.0. The fourth-order valence-corrected chi connectivity index (χ4v) is 2.52. The molecule has 0 unspecified atom stereocenters. The fraction of sp³-hybridized carbons (Fsp3) is 0.308. The van der Waals surface area contributed by atoms with Gasteiger partial charge >= 0.3 is 11.8 Å². The number of nitrogens with zero attached hydrogens (tertiary/aromatic N) is 3. The SMILES string of the molecule is CC(F)(F)C(F)(F)Cn1c(=O)c2cccc(F)c2n2c(=S)[nH]nc12. The van der Waals surface area contributed by atoms with Crippen molar-refractivity contribution in [2.75, 3.05) is 0 Å². The number of alkyl halides is 4. The molecule has 0 bridgehead atoms. The van der Waals surface area contributed by atoms with E-state index in [4.69, 9.17) is 12.2 Å². The van der Waals surface area contributed by atoms with Crippen molar-refractivity contribution in [1.82, 2.24) is 19.2 Å². The van der Waals surface area contributed by atoms with Crippen molar-refractivity contribution in [1.29, 1.82) is 0 Å². The van der Waals surface area contributed by atoms with Gasteiger partial charge in [0.15, 0.2) is 0 Å². The molecular formula is C13H9F5N4OS. The summed E-state index contributed by atoms with van der Waals surface area (Å²) in [6.45, 7) is -1.59. The minimum atomic E-state index is -4.52. The fourth-order valence-electron chi connectivity index (χ4n) is 2.30. The summed E-state index contributed by atoms with van der Waals surface area (Å²) in [5.74, 6) is -10.2. The molecule has 24 heavy (non-hydrogen) atoms. The summed E-state index contributed by atoms with van der Waals surface area (Å²) in [6.07, 6.45) is 0. The Labute approximate surface area is 135 Å². The molecule has 0 aliphatic rings. The first-order valence-electron chi connectivity index (χ1n) is 6.58. The molecule has 0 aliphatic carbocycles. The first-order valence-corrected chi connectivity index (χ1v) is 6.99. The second-order valence-corrected chi connectivity index (χ2v) is 5.67. The maximum Gasteiger partial charge on any atom is 0.327 e. The van der Waals surface area contributed by atoms with E-state index in [0.29, 0.717) is 4.57 Å². The van der Waals surface area contributed by atoms with Crippen molar-refractivity contribution in [3.63, 3.8) is 0 Å². The Kier molecular flexibility index (Phi) is 3.52. The molecule has 0 spiro atoms. The van der Waals surface area contributed by atoms with Gasteiger partial charge in [-0.3, -0.25) is 13.8 Å². The molecule has 0 atom stereocenters. The van der Waals surface area contributed by atoms with E-state index in [9.17, 15) is 26.7 Å². The third-order valence-corrected chi connectivity index (χ3v) is 3.85. The van der Waals surface area contributed by atoms with Gasteiger partial charge in [0.25, 0.3) is 5.56 Å². The number of hydrogen-bond donors (Lipinski definition) is 1. The summed E-state index contributed by atoms with van der Waals surface area (Å²) in [6, 6.07) is 3.44. The Bertz CT molecular complexity index is 1060. The van der Waals surface area contributed by atoms with Crippen LogP contribution in [0.4, 0.5) is 22.0 Å². The largest absolute Gasteiger partial charge is 0.327 e. The number of hydrogen-bond acceptors (Lipinski definition) is 3. The predicted octanol–water partition coefficient (Wildman–Crippen LogP) is 3.14. The third kappa shape index (κ3) is 2.30. The van der Waals surface area contributed by atoms with Crippen molar-refractivity contribution in [3.05, 3.63) is 39.1 Å². The van der Waals surface area contributed by atoms with Crippen LogP contribution in [-0.2, 0) is 6.54 Å². The Hall–Kier alpha value is -2.30. The maximum atomic E-state index is 14.1. The Morgan fingerprint density at radius 1 is 1.29 bits per heavy atom. The maximum absolute atomic E-state index is 14.1. The van der Waals surface area contributed by atoms with Gasteiger partial charge in [-0.2, -0.15) is 8.78 Å². The van der Waals surface area contributed by atoms with E-state index < -0.39 is 35.5 Å². The number of H-pyrrole nitrogens is 1. The lowest BCUT2D eigenvalue weighted by molar-refractivity contribution is -0.204. The zero-order valence-corrected chi connectivity index (χ0v) is 12.8. The molecule has 0 aliphatic heterocycles. The number of nitrogens with one attached hydrogen (secondary N) is 1. The number of para-hydroxylation sites is 1. The van der Waals surface area contributed by atoms with Gasteiger partial charge in [0.2, 0.25) is 10.5 Å². The molecule has 0 fully saturated rings. The van der Waals surface area contributed by atoms with Crippen molar-refractivity contribution in [3.8, 4) is 0 Å². The lowest BCUT2D eigenvalue weighted by atomic mass is 10.2. The number of halogens is 5. The van der Waals surface area contributed by atoms with Gasteiger partial charge in [-0.1, -0.05) is 6.07 Å². The van der Waals surface area contributed by atoms with E-state index in [-0.39, 0.29) is 22.6 Å². The summed E-state index contributed by atoms with van der Waals surface area (Å²) in [7, 11) is 0. The molecule has 3 rings (SSSR count). The average molecular weight is 364 g/mol. The summed E-state index contributed by atoms with van der Waals surface area (Å²) >= 11 is 4.92. The van der Waals surface area contributed by atoms with E-state index in [1.807, 2.05) is 0 Å². The first-order chi connectivity index (χ1) is 11.0. The number of benzene rings is 1. The van der Waals surface area contributed by atoms with Gasteiger partial charge in [-0.15, -0.1) is 5.10 Å². The molecule has 0 saturated heterocycles. The molecule has 2 heterocycles. The zero-order chi connectivity index (χ0) is 17.9. The van der Waals surface area contributed by atoms with E-state index in [0.717, 1.165) is 10.5 Å². The molecule has 0 saturated carbocycles. The third-order valence-electron chi connectivity index (χ3n) is 3.58. The van der Waals surface area contributed by atoms with Crippen LogP contribution in [0.1, 0.15) is 6.92 Å². The smallest absolute Gasteiger partial charge is 0.270 e. The minimum absolute atomic E-state index is 0.0478. The van der Waals surface area contributed by atoms with Crippen LogP contribution in [0.5, 0.6) is 0 Å². The van der Waals surface area contributed by atoms with Gasteiger partial charge in [0, 0.05) is 6.92 Å². The highest BCUT2D eigenvalue weighted by Crippen LogP contribution is 2.35. The van der Waals surface area contributed by atoms with Crippen LogP contribution in [0.15, 0.2) is 23.0 Å². The first kappa shape index (κ1) is 16.6. The molecule has 0 radical (unpaired) electrons. The van der Waals surface area contributed by atoms with E-state index in [2.05, 4.69) is 10.2 Å². The Morgan fingerprint density at radius 3 is 2.58 bits per heavy atom. The second-order valence-electron chi connectivity index (χ2n) is 5.28. The molecular weight excluding hydrogens is 355 g/mol. The quantitative estimate of drug-likeness (QED) is 0.574. The highest BCUT2D eigenvalue weighted by Gasteiger charge is 2.52. The van der Waals surface area contributed by atoms with Crippen molar-refractivity contribution in [2.24, 2.45) is 0 Å². The number of aromatic nitrogens is 4. The lowest BCUT2D eigenvalue weighted by Crippen LogP contribution is -2.44. The summed E-state index contributed by atoms with van der Waals surface area (Å²) in [5, 5.41) is 5.56. The molecule has 1 aromatic carbocycles. The molecule has 3 aromatic rings. The average Bonchev–Trinajstić information content (AvgIpc) is 2.84. The Morgan fingerprint density at radius 2 is 1.96 bits per heavy atom. The van der Waals surface area contributed by atoms with Crippen LogP contribution in [-0.4, -0.2) is 31.0 Å². The second kappa shape index (κ2) is 5.10. The standard InChI is InChI=1S/C13H9F5N4OS/c1-12(15,16)13(17,18)5-21-9(23)6-3-2-4-7(14)8(6)22-10(21)19-20-11(22)24/h2-4H,5H2,1H3,(H,20,24). The normalized spacial score (nSPS) is 13.1.